The number of para-hydroxylation sites is 1. The standard InChI is InChI=1S/C31H23N5O5/c1-17-15-21(41-2)12-14-25(17)33-31(38)24-16-18-7-13-23-22-5-3-4-6-26(22)32-28(23)27(18)29(30(24)37)35-34-19-8-10-20(11-9-19)36(39)40/h3-16,32,37H,1-2H3,(H,33,38). The monoisotopic (exact) mass is 545 g/mol. The summed E-state index contributed by atoms with van der Waals surface area (Å²) in [5, 5.41) is 37.2. The van der Waals surface area contributed by atoms with Crippen molar-refractivity contribution in [1.29, 1.82) is 0 Å². The van der Waals surface area contributed by atoms with Gasteiger partial charge in [-0.05, 0) is 60.3 Å². The molecular formula is C31H23N5O5. The molecule has 0 bridgehead atoms. The van der Waals surface area contributed by atoms with Gasteiger partial charge in [-0.15, -0.1) is 5.11 Å². The SMILES string of the molecule is COc1ccc(NC(=O)c2cc3ccc4c5ccccc5[nH]c4c3c(N=Nc3ccc([N+](=O)[O-])cc3)c2O)c(C)c1. The molecule has 0 aliphatic carbocycles. The highest BCUT2D eigenvalue weighted by Crippen LogP contribution is 2.44. The number of aryl methyl sites for hydroxylation is 1. The molecule has 0 fully saturated rings. The Labute approximate surface area is 233 Å². The Morgan fingerprint density at radius 1 is 0.976 bits per heavy atom. The summed E-state index contributed by atoms with van der Waals surface area (Å²) >= 11 is 0. The molecule has 10 heteroatoms. The molecule has 202 valence electrons. The van der Waals surface area contributed by atoms with Crippen LogP contribution in [0, 0.1) is 17.0 Å². The van der Waals surface area contributed by atoms with Crippen molar-refractivity contribution < 1.29 is 19.6 Å². The maximum atomic E-state index is 13.5. The zero-order valence-electron chi connectivity index (χ0n) is 22.0. The van der Waals surface area contributed by atoms with E-state index in [0.717, 1.165) is 27.4 Å². The zero-order valence-corrected chi connectivity index (χ0v) is 22.0. The molecule has 1 heterocycles. The lowest BCUT2D eigenvalue weighted by Crippen LogP contribution is -2.13. The molecule has 0 radical (unpaired) electrons. The molecule has 0 unspecified atom stereocenters. The van der Waals surface area contributed by atoms with E-state index in [0.29, 0.717) is 27.9 Å². The number of nitro benzene ring substituents is 1. The minimum absolute atomic E-state index is 0.0147. The molecule has 41 heavy (non-hydrogen) atoms. The quantitative estimate of drug-likeness (QED) is 0.110. The highest BCUT2D eigenvalue weighted by Gasteiger charge is 2.22. The molecule has 6 rings (SSSR count). The van der Waals surface area contributed by atoms with E-state index < -0.39 is 10.8 Å². The predicted octanol–water partition coefficient (Wildman–Crippen LogP) is 8.07. The number of rotatable bonds is 6. The average molecular weight is 546 g/mol. The number of benzene rings is 5. The van der Waals surface area contributed by atoms with Crippen LogP contribution in [0.15, 0.2) is 95.2 Å². The first kappa shape index (κ1) is 25.5. The fourth-order valence-corrected chi connectivity index (χ4v) is 4.89. The first-order valence-corrected chi connectivity index (χ1v) is 12.7. The molecule has 3 N–H and O–H groups in total. The number of carbonyl (C=O) groups is 1. The van der Waals surface area contributed by atoms with Crippen LogP contribution in [0.2, 0.25) is 0 Å². The third-order valence-corrected chi connectivity index (χ3v) is 6.98. The van der Waals surface area contributed by atoms with Crippen LogP contribution in [0.3, 0.4) is 0 Å². The second kappa shape index (κ2) is 10.1. The van der Waals surface area contributed by atoms with Gasteiger partial charge in [-0.3, -0.25) is 14.9 Å². The lowest BCUT2D eigenvalue weighted by atomic mass is 10.00. The second-order valence-electron chi connectivity index (χ2n) is 9.49. The normalized spacial score (nSPS) is 11.5. The minimum Gasteiger partial charge on any atom is -0.505 e. The zero-order chi connectivity index (χ0) is 28.7. The Bertz CT molecular complexity index is 2030. The van der Waals surface area contributed by atoms with Crippen LogP contribution >= 0.6 is 0 Å². The lowest BCUT2D eigenvalue weighted by Gasteiger charge is -2.13. The predicted molar refractivity (Wildman–Crippen MR) is 158 cm³/mol. The van der Waals surface area contributed by atoms with Crippen molar-refractivity contribution in [2.24, 2.45) is 10.2 Å². The molecule has 5 aromatic carbocycles. The first-order valence-electron chi connectivity index (χ1n) is 12.7. The molecular weight excluding hydrogens is 522 g/mol. The van der Waals surface area contributed by atoms with Crippen LogP contribution in [0.4, 0.5) is 22.7 Å². The topological polar surface area (TPSA) is 142 Å². The van der Waals surface area contributed by atoms with E-state index in [1.165, 1.54) is 24.3 Å². The van der Waals surface area contributed by atoms with Crippen molar-refractivity contribution in [3.63, 3.8) is 0 Å². The van der Waals surface area contributed by atoms with Gasteiger partial charge in [-0.1, -0.05) is 30.3 Å². The first-order chi connectivity index (χ1) is 19.8. The molecule has 1 aromatic heterocycles. The maximum absolute atomic E-state index is 13.5. The third kappa shape index (κ3) is 4.57. The number of nitrogens with one attached hydrogen (secondary N) is 2. The highest BCUT2D eigenvalue weighted by molar-refractivity contribution is 6.22. The summed E-state index contributed by atoms with van der Waals surface area (Å²) in [5.41, 5.74) is 3.36. The van der Waals surface area contributed by atoms with Crippen molar-refractivity contribution in [2.75, 3.05) is 12.4 Å². The number of nitrogens with zero attached hydrogens (tertiary/aromatic N) is 3. The van der Waals surface area contributed by atoms with E-state index in [2.05, 4.69) is 20.5 Å². The summed E-state index contributed by atoms with van der Waals surface area (Å²) < 4.78 is 5.25. The van der Waals surface area contributed by atoms with Crippen LogP contribution in [0.5, 0.6) is 11.5 Å². The number of nitro groups is 1. The van der Waals surface area contributed by atoms with E-state index in [1.807, 2.05) is 43.3 Å². The Morgan fingerprint density at radius 2 is 1.76 bits per heavy atom. The number of amides is 1. The molecule has 6 aromatic rings. The largest absolute Gasteiger partial charge is 0.505 e. The van der Waals surface area contributed by atoms with Gasteiger partial charge in [-0.2, -0.15) is 5.11 Å². The number of aromatic nitrogens is 1. The van der Waals surface area contributed by atoms with Crippen molar-refractivity contribution in [3.05, 3.63) is 106 Å². The highest BCUT2D eigenvalue weighted by atomic mass is 16.6. The Balaban J connectivity index is 1.52. The number of aromatic amines is 1. The number of methoxy groups -OCH3 is 1. The van der Waals surface area contributed by atoms with Crippen LogP contribution in [0.1, 0.15) is 15.9 Å². The maximum Gasteiger partial charge on any atom is 0.269 e. The number of azo groups is 1. The Morgan fingerprint density at radius 3 is 2.49 bits per heavy atom. The van der Waals surface area contributed by atoms with Gasteiger partial charge < -0.3 is 20.1 Å². The van der Waals surface area contributed by atoms with E-state index in [9.17, 15) is 20.0 Å². The number of ether oxygens (including phenoxy) is 1. The molecule has 0 aliphatic rings. The number of phenolic OH excluding ortho intramolecular Hbond substituents is 1. The lowest BCUT2D eigenvalue weighted by molar-refractivity contribution is -0.384. The van der Waals surface area contributed by atoms with Gasteiger partial charge >= 0.3 is 0 Å². The number of H-pyrrole nitrogens is 1. The number of anilines is 1. The van der Waals surface area contributed by atoms with Crippen molar-refractivity contribution in [3.8, 4) is 11.5 Å². The van der Waals surface area contributed by atoms with E-state index >= 15 is 0 Å². The molecule has 0 aliphatic heterocycles. The fourth-order valence-electron chi connectivity index (χ4n) is 4.89. The Kier molecular flexibility index (Phi) is 6.27. The van der Waals surface area contributed by atoms with Gasteiger partial charge in [0.15, 0.2) is 5.75 Å². The van der Waals surface area contributed by atoms with E-state index in [-0.39, 0.29) is 22.7 Å². The molecule has 0 saturated heterocycles. The fraction of sp³-hybridized carbons (Fsp3) is 0.0645. The minimum atomic E-state index is -0.527. The number of fused-ring (bicyclic) bond motifs is 5. The van der Waals surface area contributed by atoms with Crippen molar-refractivity contribution >= 4 is 61.2 Å². The summed E-state index contributed by atoms with van der Waals surface area (Å²) in [6.07, 6.45) is 0. The molecule has 10 nitrogen and oxygen atoms in total. The van der Waals surface area contributed by atoms with Crippen LogP contribution < -0.4 is 10.1 Å². The second-order valence-corrected chi connectivity index (χ2v) is 9.49. The number of hydrogen-bond acceptors (Lipinski definition) is 7. The van der Waals surface area contributed by atoms with Gasteiger partial charge in [0.2, 0.25) is 0 Å². The van der Waals surface area contributed by atoms with Gasteiger partial charge in [0.1, 0.15) is 11.4 Å². The van der Waals surface area contributed by atoms with Gasteiger partial charge in [0.05, 0.1) is 28.8 Å². The summed E-state index contributed by atoms with van der Waals surface area (Å²) in [6.45, 7) is 1.84. The van der Waals surface area contributed by atoms with Gasteiger partial charge in [-0.25, -0.2) is 0 Å². The van der Waals surface area contributed by atoms with Crippen molar-refractivity contribution in [2.45, 2.75) is 6.92 Å². The van der Waals surface area contributed by atoms with Gasteiger partial charge in [0, 0.05) is 39.5 Å². The summed E-state index contributed by atoms with van der Waals surface area (Å²) in [7, 11) is 1.57. The number of phenols is 1. The van der Waals surface area contributed by atoms with E-state index in [1.54, 1.807) is 31.4 Å². The van der Waals surface area contributed by atoms with Crippen LogP contribution in [-0.4, -0.2) is 28.0 Å². The number of hydrogen-bond donors (Lipinski definition) is 3. The summed E-state index contributed by atoms with van der Waals surface area (Å²) in [6, 6.07) is 24.1. The van der Waals surface area contributed by atoms with E-state index in [4.69, 9.17) is 4.74 Å². The number of carbonyl (C=O) groups excluding carboxylic acids is 1. The van der Waals surface area contributed by atoms with Gasteiger partial charge in [0.25, 0.3) is 11.6 Å². The molecule has 0 spiro atoms. The smallest absolute Gasteiger partial charge is 0.269 e. The average Bonchev–Trinajstić information content (AvgIpc) is 3.36. The molecule has 0 atom stereocenters. The number of non-ortho nitro benzene ring substituents is 1. The Hall–Kier alpha value is -5.77. The molecule has 0 saturated carbocycles. The summed E-state index contributed by atoms with van der Waals surface area (Å²) in [4.78, 5) is 27.4. The van der Waals surface area contributed by atoms with Crippen molar-refractivity contribution in [1.82, 2.24) is 4.98 Å². The van der Waals surface area contributed by atoms with Crippen LogP contribution in [-0.2, 0) is 0 Å². The molecule has 1 amide bonds. The number of aromatic hydroxyl groups is 1. The van der Waals surface area contributed by atoms with Crippen LogP contribution in [0.25, 0.3) is 32.6 Å². The third-order valence-electron chi connectivity index (χ3n) is 6.98. The summed E-state index contributed by atoms with van der Waals surface area (Å²) in [5.74, 6) is -0.218.